The maximum atomic E-state index is 12.8. The predicted octanol–water partition coefficient (Wildman–Crippen LogP) is 4.25. The fourth-order valence-corrected chi connectivity index (χ4v) is 4.01. The van der Waals surface area contributed by atoms with Crippen LogP contribution < -0.4 is 4.74 Å². The van der Waals surface area contributed by atoms with E-state index in [1.807, 2.05) is 20.8 Å². The van der Waals surface area contributed by atoms with Crippen molar-refractivity contribution in [3.8, 4) is 5.75 Å². The smallest absolute Gasteiger partial charge is 0.246 e. The minimum atomic E-state index is -3.59. The van der Waals surface area contributed by atoms with Crippen LogP contribution in [0.1, 0.15) is 45.6 Å². The molecular weight excluding hydrogens is 322 g/mol. The molecule has 6 heteroatoms. The van der Waals surface area contributed by atoms with Crippen molar-refractivity contribution in [1.29, 1.82) is 0 Å². The van der Waals surface area contributed by atoms with Crippen LogP contribution in [0.5, 0.6) is 5.75 Å². The first kappa shape index (κ1) is 19.3. The standard InChI is InChI=1S/C16H26ClNO3S/c1-5-8-9-10-21-15-11-13(4)14(17)12-16(15)22(19,20)18(6-2)7-3/h11-12H,5-10H2,1-4H3. The van der Waals surface area contributed by atoms with Crippen molar-refractivity contribution in [1.82, 2.24) is 4.31 Å². The predicted molar refractivity (Wildman–Crippen MR) is 91.3 cm³/mol. The van der Waals surface area contributed by atoms with Crippen LogP contribution in [-0.4, -0.2) is 32.4 Å². The molecule has 0 N–H and O–H groups in total. The summed E-state index contributed by atoms with van der Waals surface area (Å²) in [6.07, 6.45) is 3.06. The Morgan fingerprint density at radius 3 is 2.32 bits per heavy atom. The summed E-state index contributed by atoms with van der Waals surface area (Å²) in [5.74, 6) is 0.393. The molecule has 0 atom stereocenters. The van der Waals surface area contributed by atoms with E-state index in [1.54, 1.807) is 6.07 Å². The topological polar surface area (TPSA) is 46.6 Å². The normalized spacial score (nSPS) is 11.9. The molecule has 1 aromatic rings. The molecule has 0 spiro atoms. The van der Waals surface area contributed by atoms with Gasteiger partial charge in [-0.2, -0.15) is 4.31 Å². The summed E-state index contributed by atoms with van der Waals surface area (Å²) < 4.78 is 32.7. The van der Waals surface area contributed by atoms with Crippen LogP contribution in [0.25, 0.3) is 0 Å². The van der Waals surface area contributed by atoms with E-state index < -0.39 is 10.0 Å². The second-order valence-electron chi connectivity index (χ2n) is 5.19. The third kappa shape index (κ3) is 4.61. The van der Waals surface area contributed by atoms with E-state index in [2.05, 4.69) is 6.92 Å². The molecule has 0 fully saturated rings. The number of aryl methyl sites for hydroxylation is 1. The SMILES string of the molecule is CCCCCOc1cc(C)c(Cl)cc1S(=O)(=O)N(CC)CC. The highest BCUT2D eigenvalue weighted by molar-refractivity contribution is 7.89. The number of nitrogens with zero attached hydrogens (tertiary/aromatic N) is 1. The Morgan fingerprint density at radius 1 is 1.14 bits per heavy atom. The molecule has 4 nitrogen and oxygen atoms in total. The Hall–Kier alpha value is -0.780. The van der Waals surface area contributed by atoms with Gasteiger partial charge in [-0.25, -0.2) is 8.42 Å². The molecule has 0 amide bonds. The number of unbranched alkanes of at least 4 members (excludes halogenated alkanes) is 2. The zero-order valence-corrected chi connectivity index (χ0v) is 15.4. The number of benzene rings is 1. The number of ether oxygens (including phenoxy) is 1. The van der Waals surface area contributed by atoms with Crippen molar-refractivity contribution in [2.24, 2.45) is 0 Å². The first-order valence-electron chi connectivity index (χ1n) is 7.81. The van der Waals surface area contributed by atoms with Gasteiger partial charge in [-0.05, 0) is 31.0 Å². The molecule has 0 aliphatic rings. The number of sulfonamides is 1. The van der Waals surface area contributed by atoms with Gasteiger partial charge in [0.05, 0.1) is 6.61 Å². The van der Waals surface area contributed by atoms with Gasteiger partial charge >= 0.3 is 0 Å². The second-order valence-corrected chi connectivity index (χ2v) is 7.51. The van der Waals surface area contributed by atoms with Crippen LogP contribution in [0.2, 0.25) is 5.02 Å². The molecule has 1 rings (SSSR count). The Balaban J connectivity index is 3.18. The number of hydrogen-bond donors (Lipinski definition) is 0. The summed E-state index contributed by atoms with van der Waals surface area (Å²) in [7, 11) is -3.59. The molecule has 126 valence electrons. The maximum absolute atomic E-state index is 12.8. The summed E-state index contributed by atoms with van der Waals surface area (Å²) in [6, 6.07) is 3.21. The molecule has 0 aliphatic heterocycles. The van der Waals surface area contributed by atoms with Crippen LogP contribution in [-0.2, 0) is 10.0 Å². The molecule has 0 radical (unpaired) electrons. The minimum Gasteiger partial charge on any atom is -0.492 e. The summed E-state index contributed by atoms with van der Waals surface area (Å²) in [6.45, 7) is 8.93. The van der Waals surface area contributed by atoms with Crippen molar-refractivity contribution in [2.45, 2.75) is 51.9 Å². The Kier molecular flexibility index (Phi) is 7.66. The van der Waals surface area contributed by atoms with E-state index in [0.717, 1.165) is 24.8 Å². The molecule has 0 unspecified atom stereocenters. The third-order valence-electron chi connectivity index (χ3n) is 3.55. The highest BCUT2D eigenvalue weighted by atomic mass is 35.5. The van der Waals surface area contributed by atoms with E-state index in [1.165, 1.54) is 10.4 Å². The molecule has 0 aliphatic carbocycles. The maximum Gasteiger partial charge on any atom is 0.246 e. The van der Waals surface area contributed by atoms with E-state index in [9.17, 15) is 8.42 Å². The molecule has 0 heterocycles. The Bertz CT molecular complexity index is 583. The first-order chi connectivity index (χ1) is 10.4. The molecular formula is C16H26ClNO3S. The van der Waals surface area contributed by atoms with E-state index in [4.69, 9.17) is 16.3 Å². The fourth-order valence-electron chi connectivity index (χ4n) is 2.19. The highest BCUT2D eigenvalue weighted by Gasteiger charge is 2.26. The van der Waals surface area contributed by atoms with Crippen molar-refractivity contribution in [3.63, 3.8) is 0 Å². The molecule has 0 saturated carbocycles. The largest absolute Gasteiger partial charge is 0.492 e. The lowest BCUT2D eigenvalue weighted by molar-refractivity contribution is 0.297. The van der Waals surface area contributed by atoms with Gasteiger partial charge in [0, 0.05) is 18.1 Å². The zero-order chi connectivity index (χ0) is 16.8. The Labute approximate surface area is 139 Å². The van der Waals surface area contributed by atoms with E-state index >= 15 is 0 Å². The number of halogens is 1. The average Bonchev–Trinajstić information content (AvgIpc) is 2.47. The number of rotatable bonds is 9. The van der Waals surface area contributed by atoms with Gasteiger partial charge in [0.2, 0.25) is 10.0 Å². The average molecular weight is 348 g/mol. The van der Waals surface area contributed by atoms with Gasteiger partial charge in [0.15, 0.2) is 0 Å². The fraction of sp³-hybridized carbons (Fsp3) is 0.625. The quantitative estimate of drug-likeness (QED) is 0.627. The van der Waals surface area contributed by atoms with Crippen molar-refractivity contribution in [2.75, 3.05) is 19.7 Å². The summed E-state index contributed by atoms with van der Waals surface area (Å²) in [5.41, 5.74) is 0.811. The van der Waals surface area contributed by atoms with Crippen molar-refractivity contribution < 1.29 is 13.2 Å². The van der Waals surface area contributed by atoms with Crippen LogP contribution >= 0.6 is 11.6 Å². The van der Waals surface area contributed by atoms with Crippen LogP contribution in [0.3, 0.4) is 0 Å². The summed E-state index contributed by atoms with van der Waals surface area (Å²) in [5, 5.41) is 0.437. The number of hydrogen-bond acceptors (Lipinski definition) is 3. The van der Waals surface area contributed by atoms with Gasteiger partial charge in [-0.3, -0.25) is 0 Å². The van der Waals surface area contributed by atoms with Crippen molar-refractivity contribution >= 4 is 21.6 Å². The lowest BCUT2D eigenvalue weighted by Gasteiger charge is -2.21. The minimum absolute atomic E-state index is 0.156. The van der Waals surface area contributed by atoms with Gasteiger partial charge in [0.1, 0.15) is 10.6 Å². The molecule has 0 bridgehead atoms. The summed E-state index contributed by atoms with van der Waals surface area (Å²) in [4.78, 5) is 0.156. The summed E-state index contributed by atoms with van der Waals surface area (Å²) >= 11 is 6.13. The third-order valence-corrected chi connectivity index (χ3v) is 6.03. The zero-order valence-electron chi connectivity index (χ0n) is 13.9. The van der Waals surface area contributed by atoms with Crippen LogP contribution in [0, 0.1) is 6.92 Å². The molecule has 0 saturated heterocycles. The van der Waals surface area contributed by atoms with Gasteiger partial charge in [0.25, 0.3) is 0 Å². The van der Waals surface area contributed by atoms with Gasteiger partial charge in [-0.1, -0.05) is 45.2 Å². The molecule has 1 aromatic carbocycles. The second kappa shape index (κ2) is 8.75. The van der Waals surface area contributed by atoms with Gasteiger partial charge in [-0.15, -0.1) is 0 Å². The molecule has 22 heavy (non-hydrogen) atoms. The van der Waals surface area contributed by atoms with Crippen LogP contribution in [0.4, 0.5) is 0 Å². The van der Waals surface area contributed by atoms with Crippen molar-refractivity contribution in [3.05, 3.63) is 22.7 Å². The van der Waals surface area contributed by atoms with Crippen LogP contribution in [0.15, 0.2) is 17.0 Å². The highest BCUT2D eigenvalue weighted by Crippen LogP contribution is 2.32. The Morgan fingerprint density at radius 2 is 1.77 bits per heavy atom. The lowest BCUT2D eigenvalue weighted by atomic mass is 10.2. The molecule has 0 aromatic heterocycles. The first-order valence-corrected chi connectivity index (χ1v) is 9.63. The van der Waals surface area contributed by atoms with E-state index in [-0.39, 0.29) is 4.90 Å². The van der Waals surface area contributed by atoms with Gasteiger partial charge < -0.3 is 4.74 Å². The monoisotopic (exact) mass is 347 g/mol. The lowest BCUT2D eigenvalue weighted by Crippen LogP contribution is -2.31. The van der Waals surface area contributed by atoms with E-state index in [0.29, 0.717) is 30.5 Å².